The van der Waals surface area contributed by atoms with Crippen LogP contribution in [0.5, 0.6) is 0 Å². The molecule has 0 saturated heterocycles. The van der Waals surface area contributed by atoms with Gasteiger partial charge in [-0.15, -0.1) is 0 Å². The van der Waals surface area contributed by atoms with Crippen molar-refractivity contribution in [2.24, 2.45) is 0 Å². The van der Waals surface area contributed by atoms with Crippen LogP contribution in [0.1, 0.15) is 35.1 Å². The van der Waals surface area contributed by atoms with E-state index < -0.39 is 0 Å². The molecule has 2 aromatic rings. The Bertz CT molecular complexity index is 323. The molecular weight excluding hydrogens is 288 g/mol. The van der Waals surface area contributed by atoms with Gasteiger partial charge in [0.05, 0.1) is 0 Å². The number of nitrogens with one attached hydrogen (secondary N) is 2. The lowest BCUT2D eigenvalue weighted by molar-refractivity contribution is 0.562. The summed E-state index contributed by atoms with van der Waals surface area (Å²) in [7, 11) is 0. The number of hydrogen-bond donors (Lipinski definition) is 2. The minimum Gasteiger partial charge on any atom is -0.222 e. The number of benzene rings is 2. The minimum atomic E-state index is 0. The molecule has 0 saturated carbocycles. The van der Waals surface area contributed by atoms with Gasteiger partial charge in [0.25, 0.3) is 0 Å². The standard InChI is InChI=1S/2C6H6.2C2H6.2CHNO.CH4/c2*1-2-4-6-5-3-1;2*1-2;2*2-1-3;/h2*1-6H;2*1-2H3;2*2H;1H4. The third-order valence-electron chi connectivity index (χ3n) is 1.33. The first-order valence-corrected chi connectivity index (χ1v) is 6.91. The Labute approximate surface area is 141 Å². The van der Waals surface area contributed by atoms with Crippen molar-refractivity contribution in [2.45, 2.75) is 35.1 Å². The van der Waals surface area contributed by atoms with E-state index >= 15 is 0 Å². The molecule has 4 heteroatoms. The monoisotopic (exact) mass is 318 g/mol. The Morgan fingerprint density at radius 3 is 0.565 bits per heavy atom. The number of carbonyl (C=O) groups excluding carboxylic acids is 2. The van der Waals surface area contributed by atoms with Crippen molar-refractivity contribution in [3.63, 3.8) is 0 Å². The second-order valence-corrected chi connectivity index (χ2v) is 2.51. The molecule has 0 fully saturated rings. The molecule has 4 nitrogen and oxygen atoms in total. The van der Waals surface area contributed by atoms with E-state index in [0.717, 1.165) is 12.2 Å². The van der Waals surface area contributed by atoms with E-state index in [2.05, 4.69) is 0 Å². The molecule has 0 aliphatic heterocycles. The molecular formula is C19H30N2O2. The van der Waals surface area contributed by atoms with E-state index in [4.69, 9.17) is 20.4 Å². The van der Waals surface area contributed by atoms with Gasteiger partial charge in [0, 0.05) is 0 Å². The molecule has 2 N–H and O–H groups in total. The van der Waals surface area contributed by atoms with Gasteiger partial charge in [0.2, 0.25) is 12.2 Å². The lowest BCUT2D eigenvalue weighted by atomic mass is 10.4. The lowest BCUT2D eigenvalue weighted by Crippen LogP contribution is -1.47. The van der Waals surface area contributed by atoms with Gasteiger partial charge in [-0.3, -0.25) is 0 Å². The summed E-state index contributed by atoms with van der Waals surface area (Å²) in [5.74, 6) is 0. The smallest absolute Gasteiger partial charge is 0.222 e. The molecule has 128 valence electrons. The highest BCUT2D eigenvalue weighted by Gasteiger charge is 1.58. The zero-order valence-electron chi connectivity index (χ0n) is 13.7. The highest BCUT2D eigenvalue weighted by atomic mass is 16.1. The first kappa shape index (κ1) is 32.2. The third-order valence-corrected chi connectivity index (χ3v) is 1.33. The SMILES string of the molecule is C.CC.CC.N=C=O.N=C=O.c1ccccc1.c1ccccc1. The zero-order chi connectivity index (χ0) is 17.9. The topological polar surface area (TPSA) is 81.8 Å². The number of rotatable bonds is 0. The van der Waals surface area contributed by atoms with Gasteiger partial charge in [-0.2, -0.15) is 0 Å². The van der Waals surface area contributed by atoms with Gasteiger partial charge in [-0.05, 0) is 0 Å². The molecule has 0 bridgehead atoms. The van der Waals surface area contributed by atoms with Crippen LogP contribution in [0.15, 0.2) is 72.8 Å². The van der Waals surface area contributed by atoms with E-state index in [-0.39, 0.29) is 7.43 Å². The summed E-state index contributed by atoms with van der Waals surface area (Å²) in [6.45, 7) is 8.00. The molecule has 0 radical (unpaired) electrons. The third kappa shape index (κ3) is 67.1. The van der Waals surface area contributed by atoms with Crippen LogP contribution in [0, 0.1) is 10.8 Å². The van der Waals surface area contributed by atoms with Gasteiger partial charge in [0.15, 0.2) is 0 Å². The van der Waals surface area contributed by atoms with Gasteiger partial charge in [-0.25, -0.2) is 20.4 Å². The predicted octanol–water partition coefficient (Wildman–Crippen LogP) is 5.86. The summed E-state index contributed by atoms with van der Waals surface area (Å²) >= 11 is 0. The Hall–Kier alpha value is -2.80. The number of isocyanates is 2. The summed E-state index contributed by atoms with van der Waals surface area (Å²) in [5, 5.41) is 10.8. The Kier molecular flexibility index (Phi) is 71.0. The van der Waals surface area contributed by atoms with Crippen molar-refractivity contribution < 1.29 is 9.59 Å². The Balaban J connectivity index is -0.0000000601. The second kappa shape index (κ2) is 50.7. The molecule has 0 amide bonds. The molecule has 0 unspecified atom stereocenters. The van der Waals surface area contributed by atoms with Crippen LogP contribution in [-0.2, 0) is 9.59 Å². The molecule has 0 spiro atoms. The van der Waals surface area contributed by atoms with Crippen molar-refractivity contribution in [1.82, 2.24) is 0 Å². The highest BCUT2D eigenvalue weighted by molar-refractivity contribution is 5.26. The van der Waals surface area contributed by atoms with Crippen molar-refractivity contribution in [3.8, 4) is 0 Å². The van der Waals surface area contributed by atoms with Gasteiger partial charge in [-0.1, -0.05) is 108 Å². The number of hydrogen-bond acceptors (Lipinski definition) is 4. The first-order valence-electron chi connectivity index (χ1n) is 6.91. The summed E-state index contributed by atoms with van der Waals surface area (Å²) < 4.78 is 0. The Morgan fingerprint density at radius 1 is 0.478 bits per heavy atom. The van der Waals surface area contributed by atoms with E-state index in [1.807, 2.05) is 100 Å². The van der Waals surface area contributed by atoms with Crippen molar-refractivity contribution in [1.29, 1.82) is 10.8 Å². The first-order chi connectivity index (χ1) is 10.8. The zero-order valence-corrected chi connectivity index (χ0v) is 13.7. The van der Waals surface area contributed by atoms with Crippen LogP contribution in [-0.4, -0.2) is 12.2 Å². The van der Waals surface area contributed by atoms with Crippen LogP contribution in [0.4, 0.5) is 0 Å². The van der Waals surface area contributed by atoms with Crippen LogP contribution >= 0.6 is 0 Å². The van der Waals surface area contributed by atoms with E-state index in [1.54, 1.807) is 0 Å². The maximum atomic E-state index is 8.35. The van der Waals surface area contributed by atoms with Crippen molar-refractivity contribution in [2.75, 3.05) is 0 Å². The summed E-state index contributed by atoms with van der Waals surface area (Å²) in [6, 6.07) is 24.0. The largest absolute Gasteiger partial charge is 0.231 e. The van der Waals surface area contributed by atoms with E-state index in [0.29, 0.717) is 0 Å². The van der Waals surface area contributed by atoms with Gasteiger partial charge >= 0.3 is 0 Å². The highest BCUT2D eigenvalue weighted by Crippen LogP contribution is 1.80. The second-order valence-electron chi connectivity index (χ2n) is 2.51. The van der Waals surface area contributed by atoms with Crippen LogP contribution in [0.2, 0.25) is 0 Å². The fourth-order valence-electron chi connectivity index (χ4n) is 0.770. The molecule has 23 heavy (non-hydrogen) atoms. The fraction of sp³-hybridized carbons (Fsp3) is 0.263. The van der Waals surface area contributed by atoms with Gasteiger partial charge < -0.3 is 0 Å². The Morgan fingerprint density at radius 2 is 0.522 bits per heavy atom. The van der Waals surface area contributed by atoms with Crippen LogP contribution < -0.4 is 0 Å². The molecule has 0 atom stereocenters. The average molecular weight is 318 g/mol. The van der Waals surface area contributed by atoms with Crippen LogP contribution in [0.25, 0.3) is 0 Å². The maximum Gasteiger partial charge on any atom is 0.231 e. The van der Waals surface area contributed by atoms with Gasteiger partial charge in [0.1, 0.15) is 0 Å². The minimum absolute atomic E-state index is 0. The molecule has 0 aromatic heterocycles. The molecule has 2 rings (SSSR count). The van der Waals surface area contributed by atoms with Crippen LogP contribution in [0.3, 0.4) is 0 Å². The summed E-state index contributed by atoms with van der Waals surface area (Å²) in [5.41, 5.74) is 0. The molecule has 0 aliphatic rings. The van der Waals surface area contributed by atoms with E-state index in [1.165, 1.54) is 0 Å². The molecule has 0 heterocycles. The molecule has 2 aromatic carbocycles. The summed E-state index contributed by atoms with van der Waals surface area (Å²) in [6.07, 6.45) is 1.50. The van der Waals surface area contributed by atoms with Crippen molar-refractivity contribution >= 4 is 12.2 Å². The maximum absolute atomic E-state index is 8.35. The summed E-state index contributed by atoms with van der Waals surface area (Å²) in [4.78, 5) is 16.7. The quantitative estimate of drug-likeness (QED) is 0.471. The average Bonchev–Trinajstić information content (AvgIpc) is 2.63. The predicted molar refractivity (Wildman–Crippen MR) is 99.1 cm³/mol. The lowest BCUT2D eigenvalue weighted by Gasteiger charge is -1.69. The molecule has 0 aliphatic carbocycles. The van der Waals surface area contributed by atoms with Crippen molar-refractivity contribution in [3.05, 3.63) is 72.8 Å². The fourth-order valence-corrected chi connectivity index (χ4v) is 0.770. The van der Waals surface area contributed by atoms with E-state index in [9.17, 15) is 0 Å². The normalized spacial score (nSPS) is 5.39.